The summed E-state index contributed by atoms with van der Waals surface area (Å²) in [4.78, 5) is 4.62. The highest BCUT2D eigenvalue weighted by Crippen LogP contribution is 2.20. The first-order valence-electron chi connectivity index (χ1n) is 7.09. The maximum atomic E-state index is 5.61. The Morgan fingerprint density at radius 2 is 2.05 bits per heavy atom. The molecule has 4 nitrogen and oxygen atoms in total. The van der Waals surface area contributed by atoms with E-state index in [1.165, 1.54) is 12.8 Å². The van der Waals surface area contributed by atoms with E-state index in [0.29, 0.717) is 19.2 Å². The summed E-state index contributed by atoms with van der Waals surface area (Å²) in [6.45, 7) is 6.28. The predicted molar refractivity (Wildman–Crippen MR) is 94.0 cm³/mol. The number of ether oxygens (including phenoxy) is 1. The number of para-hydroxylation sites is 1. The van der Waals surface area contributed by atoms with Crippen molar-refractivity contribution >= 4 is 29.9 Å². The molecule has 0 heterocycles. The van der Waals surface area contributed by atoms with E-state index in [-0.39, 0.29) is 24.0 Å². The second-order valence-corrected chi connectivity index (χ2v) is 4.65. The summed E-state index contributed by atoms with van der Waals surface area (Å²) in [6, 6.07) is 8.69. The fraction of sp³-hybridized carbons (Fsp3) is 0.533. The van der Waals surface area contributed by atoms with E-state index in [2.05, 4.69) is 28.6 Å². The van der Waals surface area contributed by atoms with Crippen molar-refractivity contribution < 1.29 is 4.74 Å². The van der Waals surface area contributed by atoms with Crippen LogP contribution in [0.3, 0.4) is 0 Å². The van der Waals surface area contributed by atoms with Gasteiger partial charge < -0.3 is 15.4 Å². The third-order valence-corrected chi connectivity index (χ3v) is 2.94. The van der Waals surface area contributed by atoms with Crippen LogP contribution >= 0.6 is 24.0 Å². The zero-order valence-corrected chi connectivity index (χ0v) is 14.5. The largest absolute Gasteiger partial charge is 0.494 e. The van der Waals surface area contributed by atoms with Gasteiger partial charge in [0.15, 0.2) is 5.96 Å². The lowest BCUT2D eigenvalue weighted by Gasteiger charge is -2.11. The Hall–Kier alpha value is -0.980. The van der Waals surface area contributed by atoms with Gasteiger partial charge in [0, 0.05) is 18.2 Å². The van der Waals surface area contributed by atoms with E-state index in [9.17, 15) is 0 Å². The number of halogens is 1. The maximum absolute atomic E-state index is 5.61. The summed E-state index contributed by atoms with van der Waals surface area (Å²) in [6.07, 6.45) is 2.50. The number of hydrogen-bond acceptors (Lipinski definition) is 2. The zero-order valence-electron chi connectivity index (χ0n) is 12.2. The van der Waals surface area contributed by atoms with Crippen LogP contribution in [0.15, 0.2) is 29.3 Å². The number of aliphatic imine (C=N–C) groups is 1. The van der Waals surface area contributed by atoms with E-state index in [4.69, 9.17) is 4.74 Å². The third-order valence-electron chi connectivity index (χ3n) is 2.94. The monoisotopic (exact) mass is 389 g/mol. The highest BCUT2D eigenvalue weighted by Gasteiger charge is 2.22. The van der Waals surface area contributed by atoms with Crippen LogP contribution in [0, 0.1) is 0 Å². The molecule has 20 heavy (non-hydrogen) atoms. The molecule has 0 atom stereocenters. The molecule has 2 N–H and O–H groups in total. The minimum atomic E-state index is 0. The lowest BCUT2D eigenvalue weighted by Crippen LogP contribution is -2.38. The molecule has 1 fully saturated rings. The van der Waals surface area contributed by atoms with Crippen molar-refractivity contribution in [1.29, 1.82) is 0 Å². The third kappa shape index (κ3) is 5.56. The SMILES string of the molecule is CCNC(=NCc1ccccc1OCC)NC1CC1.I. The number of nitrogens with zero attached hydrogens (tertiary/aromatic N) is 1. The fourth-order valence-electron chi connectivity index (χ4n) is 1.84. The number of guanidine groups is 1. The molecule has 1 aliphatic carbocycles. The summed E-state index contributed by atoms with van der Waals surface area (Å²) < 4.78 is 5.61. The first-order chi connectivity index (χ1) is 9.33. The summed E-state index contributed by atoms with van der Waals surface area (Å²) in [5.74, 6) is 1.83. The highest BCUT2D eigenvalue weighted by atomic mass is 127. The first kappa shape index (κ1) is 17.1. The number of rotatable bonds is 6. The van der Waals surface area contributed by atoms with Crippen molar-refractivity contribution in [1.82, 2.24) is 10.6 Å². The summed E-state index contributed by atoms with van der Waals surface area (Å²) in [5.41, 5.74) is 1.12. The Balaban J connectivity index is 0.00000200. The lowest BCUT2D eigenvalue weighted by molar-refractivity contribution is 0.336. The van der Waals surface area contributed by atoms with Gasteiger partial charge in [-0.3, -0.25) is 0 Å². The van der Waals surface area contributed by atoms with Crippen LogP contribution in [0.1, 0.15) is 32.3 Å². The Kier molecular flexibility index (Phi) is 7.72. The molecule has 1 saturated carbocycles. The Morgan fingerprint density at radius 3 is 2.70 bits per heavy atom. The van der Waals surface area contributed by atoms with Crippen molar-refractivity contribution in [3.05, 3.63) is 29.8 Å². The second-order valence-electron chi connectivity index (χ2n) is 4.65. The van der Waals surface area contributed by atoms with E-state index < -0.39 is 0 Å². The standard InChI is InChI=1S/C15H23N3O.HI/c1-3-16-15(18-13-9-10-13)17-11-12-7-5-6-8-14(12)19-4-2;/h5-8,13H,3-4,9-11H2,1-2H3,(H2,16,17,18);1H. The molecular formula is C15H24IN3O. The summed E-state index contributed by atoms with van der Waals surface area (Å²) in [5, 5.41) is 6.69. The van der Waals surface area contributed by atoms with Gasteiger partial charge in [0.05, 0.1) is 13.2 Å². The fourth-order valence-corrected chi connectivity index (χ4v) is 1.84. The molecular weight excluding hydrogens is 365 g/mol. The molecule has 1 aliphatic rings. The molecule has 0 radical (unpaired) electrons. The second kappa shape index (κ2) is 9.05. The smallest absolute Gasteiger partial charge is 0.191 e. The van der Waals surface area contributed by atoms with Gasteiger partial charge >= 0.3 is 0 Å². The van der Waals surface area contributed by atoms with E-state index in [1.54, 1.807) is 0 Å². The van der Waals surface area contributed by atoms with Gasteiger partial charge in [0.1, 0.15) is 5.75 Å². The molecule has 0 spiro atoms. The van der Waals surface area contributed by atoms with Gasteiger partial charge in [-0.2, -0.15) is 0 Å². The number of hydrogen-bond donors (Lipinski definition) is 2. The molecule has 0 aliphatic heterocycles. The average molecular weight is 389 g/mol. The normalized spacial score (nSPS) is 14.4. The molecule has 1 aromatic rings. The van der Waals surface area contributed by atoms with Gasteiger partial charge in [0.2, 0.25) is 0 Å². The van der Waals surface area contributed by atoms with Crippen LogP contribution in [0.4, 0.5) is 0 Å². The lowest BCUT2D eigenvalue weighted by atomic mass is 10.2. The first-order valence-corrected chi connectivity index (χ1v) is 7.09. The van der Waals surface area contributed by atoms with E-state index >= 15 is 0 Å². The average Bonchev–Trinajstić information content (AvgIpc) is 3.22. The van der Waals surface area contributed by atoms with Crippen molar-refractivity contribution in [2.75, 3.05) is 13.2 Å². The van der Waals surface area contributed by atoms with Crippen LogP contribution in [0.2, 0.25) is 0 Å². The predicted octanol–water partition coefficient (Wildman–Crippen LogP) is 2.92. The molecule has 112 valence electrons. The zero-order chi connectivity index (χ0) is 13.5. The van der Waals surface area contributed by atoms with Crippen LogP contribution in [0.25, 0.3) is 0 Å². The Bertz CT molecular complexity index is 433. The Morgan fingerprint density at radius 1 is 1.30 bits per heavy atom. The van der Waals surface area contributed by atoms with Gasteiger partial charge in [-0.1, -0.05) is 18.2 Å². The van der Waals surface area contributed by atoms with Gasteiger partial charge in [-0.15, -0.1) is 24.0 Å². The van der Waals surface area contributed by atoms with Gasteiger partial charge in [-0.25, -0.2) is 4.99 Å². The highest BCUT2D eigenvalue weighted by molar-refractivity contribution is 14.0. The van der Waals surface area contributed by atoms with Gasteiger partial charge in [0.25, 0.3) is 0 Å². The quantitative estimate of drug-likeness (QED) is 0.447. The maximum Gasteiger partial charge on any atom is 0.191 e. The molecule has 0 amide bonds. The molecule has 2 rings (SSSR count). The van der Waals surface area contributed by atoms with Crippen molar-refractivity contribution in [2.45, 2.75) is 39.3 Å². The Labute approximate surface area is 138 Å². The van der Waals surface area contributed by atoms with Crippen LogP contribution < -0.4 is 15.4 Å². The molecule has 5 heteroatoms. The van der Waals surface area contributed by atoms with Crippen LogP contribution in [-0.4, -0.2) is 25.2 Å². The van der Waals surface area contributed by atoms with E-state index in [0.717, 1.165) is 23.8 Å². The van der Waals surface area contributed by atoms with Crippen LogP contribution in [-0.2, 0) is 6.54 Å². The molecule has 1 aromatic carbocycles. The molecule has 0 saturated heterocycles. The number of nitrogens with one attached hydrogen (secondary N) is 2. The number of benzene rings is 1. The minimum Gasteiger partial charge on any atom is -0.494 e. The molecule has 0 aromatic heterocycles. The topological polar surface area (TPSA) is 45.7 Å². The van der Waals surface area contributed by atoms with Crippen molar-refractivity contribution in [3.63, 3.8) is 0 Å². The van der Waals surface area contributed by atoms with E-state index in [1.807, 2.05) is 25.1 Å². The van der Waals surface area contributed by atoms with Crippen LogP contribution in [0.5, 0.6) is 5.75 Å². The molecule has 0 unspecified atom stereocenters. The summed E-state index contributed by atoms with van der Waals surface area (Å²) in [7, 11) is 0. The summed E-state index contributed by atoms with van der Waals surface area (Å²) >= 11 is 0. The van der Waals surface area contributed by atoms with Gasteiger partial charge in [-0.05, 0) is 32.8 Å². The minimum absolute atomic E-state index is 0. The van der Waals surface area contributed by atoms with Crippen molar-refractivity contribution in [3.8, 4) is 5.75 Å². The molecule has 0 bridgehead atoms. The van der Waals surface area contributed by atoms with Crippen molar-refractivity contribution in [2.24, 2.45) is 4.99 Å².